The first-order chi connectivity index (χ1) is 24.7. The first kappa shape index (κ1) is 37.7. The number of aliphatic hydroxyl groups is 2. The third-order valence-corrected chi connectivity index (χ3v) is 9.46. The molecule has 270 valence electrons. The molecular weight excluding hydrogens is 646 g/mol. The minimum Gasteiger partial charge on any atom is -0.465 e. The number of hydrogen-bond acceptors (Lipinski definition) is 8. The molecule has 0 spiro atoms. The first-order valence-electron chi connectivity index (χ1n) is 17.5. The molecule has 0 bridgehead atoms. The van der Waals surface area contributed by atoms with Gasteiger partial charge in [-0.1, -0.05) is 97.9 Å². The largest absolute Gasteiger partial charge is 0.465 e. The Morgan fingerprint density at radius 1 is 0.863 bits per heavy atom. The third-order valence-electron chi connectivity index (χ3n) is 9.46. The van der Waals surface area contributed by atoms with E-state index in [0.29, 0.717) is 6.54 Å². The monoisotopic (exact) mass is 695 g/mol. The Morgan fingerprint density at radius 2 is 1.57 bits per heavy atom. The minimum atomic E-state index is -0.663. The Morgan fingerprint density at radius 3 is 2.27 bits per heavy atom. The van der Waals surface area contributed by atoms with Crippen molar-refractivity contribution >= 4 is 12.0 Å². The Labute approximate surface area is 300 Å². The van der Waals surface area contributed by atoms with Crippen molar-refractivity contribution in [3.05, 3.63) is 131 Å². The normalized spacial score (nSPS) is 20.0. The van der Waals surface area contributed by atoms with E-state index in [1.165, 1.54) is 0 Å². The molecule has 10 nitrogen and oxygen atoms in total. The summed E-state index contributed by atoms with van der Waals surface area (Å²) in [4.78, 5) is 25.9. The Bertz CT molecular complexity index is 1720. The Balaban J connectivity index is 1.34. The van der Waals surface area contributed by atoms with Gasteiger partial charge in [0.1, 0.15) is 6.54 Å². The van der Waals surface area contributed by atoms with Crippen molar-refractivity contribution in [2.75, 3.05) is 26.7 Å². The van der Waals surface area contributed by atoms with Crippen LogP contribution < -0.4 is 10.6 Å². The molecule has 0 unspecified atom stereocenters. The third kappa shape index (κ3) is 10.0. The van der Waals surface area contributed by atoms with Crippen LogP contribution in [0, 0.1) is 5.92 Å². The summed E-state index contributed by atoms with van der Waals surface area (Å²) in [5.74, 6) is -0.512. The van der Waals surface area contributed by atoms with Crippen molar-refractivity contribution in [3.8, 4) is 11.1 Å². The second kappa shape index (κ2) is 18.1. The molecule has 0 aliphatic carbocycles. The van der Waals surface area contributed by atoms with Gasteiger partial charge in [0.05, 0.1) is 31.5 Å². The van der Waals surface area contributed by atoms with Crippen molar-refractivity contribution in [2.45, 2.75) is 64.6 Å². The average Bonchev–Trinajstić information content (AvgIpc) is 3.17. The second-order valence-corrected chi connectivity index (χ2v) is 13.0. The smallest absolute Gasteiger partial charge is 0.325 e. The maximum absolute atomic E-state index is 12.2. The summed E-state index contributed by atoms with van der Waals surface area (Å²) in [5, 5.41) is 26.1. The van der Waals surface area contributed by atoms with Crippen LogP contribution >= 0.6 is 0 Å². The molecule has 1 heterocycles. The van der Waals surface area contributed by atoms with Crippen LogP contribution in [0.2, 0.25) is 0 Å². The summed E-state index contributed by atoms with van der Waals surface area (Å²) in [5.41, 5.74) is 6.38. The molecule has 1 saturated heterocycles. The maximum Gasteiger partial charge on any atom is 0.325 e. The highest BCUT2D eigenvalue weighted by molar-refractivity contribution is 5.80. The summed E-state index contributed by atoms with van der Waals surface area (Å²) in [6, 6.07) is 32.9. The number of nitrogens with one attached hydrogen (secondary N) is 2. The van der Waals surface area contributed by atoms with Gasteiger partial charge in [-0.15, -0.1) is 0 Å². The highest BCUT2D eigenvalue weighted by atomic mass is 16.7. The van der Waals surface area contributed by atoms with E-state index in [-0.39, 0.29) is 50.5 Å². The number of ether oxygens (including phenoxy) is 3. The van der Waals surface area contributed by atoms with E-state index < -0.39 is 24.4 Å². The van der Waals surface area contributed by atoms with E-state index in [0.717, 1.165) is 38.9 Å². The summed E-state index contributed by atoms with van der Waals surface area (Å²) < 4.78 is 18.3. The average molecular weight is 696 g/mol. The van der Waals surface area contributed by atoms with Gasteiger partial charge in [0, 0.05) is 30.6 Å². The van der Waals surface area contributed by atoms with Crippen molar-refractivity contribution < 1.29 is 34.0 Å². The lowest BCUT2D eigenvalue weighted by Crippen LogP contribution is -2.46. The van der Waals surface area contributed by atoms with Gasteiger partial charge in [-0.25, -0.2) is 4.79 Å². The van der Waals surface area contributed by atoms with E-state index in [4.69, 9.17) is 14.2 Å². The van der Waals surface area contributed by atoms with Crippen LogP contribution in [0.15, 0.2) is 103 Å². The molecule has 6 atom stereocenters. The van der Waals surface area contributed by atoms with Crippen molar-refractivity contribution in [1.82, 2.24) is 15.5 Å². The molecule has 4 aromatic carbocycles. The zero-order valence-corrected chi connectivity index (χ0v) is 29.7. The quantitative estimate of drug-likeness (QED) is 0.117. The molecule has 10 heteroatoms. The van der Waals surface area contributed by atoms with Crippen molar-refractivity contribution in [3.63, 3.8) is 0 Å². The van der Waals surface area contributed by atoms with Crippen molar-refractivity contribution in [2.24, 2.45) is 5.92 Å². The summed E-state index contributed by atoms with van der Waals surface area (Å²) in [6.07, 6.45) is -1.83. The number of esters is 1. The highest BCUT2D eigenvalue weighted by Crippen LogP contribution is 2.42. The molecule has 0 radical (unpaired) electrons. The molecule has 2 amide bonds. The fourth-order valence-corrected chi connectivity index (χ4v) is 6.28. The van der Waals surface area contributed by atoms with Gasteiger partial charge in [0.15, 0.2) is 6.29 Å². The fraction of sp³-hybridized carbons (Fsp3) is 0.366. The van der Waals surface area contributed by atoms with Gasteiger partial charge in [-0.05, 0) is 66.4 Å². The molecule has 1 aliphatic heterocycles. The van der Waals surface area contributed by atoms with E-state index in [2.05, 4.69) is 28.5 Å². The molecule has 5 rings (SSSR count). The summed E-state index contributed by atoms with van der Waals surface area (Å²) >= 11 is 0. The van der Waals surface area contributed by atoms with Crippen LogP contribution in [-0.4, -0.2) is 66.0 Å². The summed E-state index contributed by atoms with van der Waals surface area (Å²) in [6.45, 7) is 6.73. The van der Waals surface area contributed by atoms with Crippen LogP contribution in [0.3, 0.4) is 0 Å². The van der Waals surface area contributed by atoms with E-state index in [1.807, 2.05) is 111 Å². The van der Waals surface area contributed by atoms with Gasteiger partial charge in [-0.3, -0.25) is 9.69 Å². The fourth-order valence-electron chi connectivity index (χ4n) is 6.28. The number of urea groups is 1. The SMILES string of the molecule is CCOC(=O)CNC(=O)NCc1cccc(-c2cccc([C@@H]3O[C@H](CN(C)[C@H](C)[C@@H](O)c4ccccc4)[C@H](C)[C@H](c4ccc(CO)cc4)O3)c2)c1. The highest BCUT2D eigenvalue weighted by Gasteiger charge is 2.39. The van der Waals surface area contributed by atoms with Crippen LogP contribution in [0.25, 0.3) is 11.1 Å². The minimum absolute atomic E-state index is 0.0217. The van der Waals surface area contributed by atoms with Gasteiger partial charge in [-0.2, -0.15) is 0 Å². The number of rotatable bonds is 14. The first-order valence-corrected chi connectivity index (χ1v) is 17.5. The van der Waals surface area contributed by atoms with Crippen LogP contribution in [0.5, 0.6) is 0 Å². The van der Waals surface area contributed by atoms with Gasteiger partial charge in [0.25, 0.3) is 0 Å². The molecule has 4 N–H and O–H groups in total. The van der Waals surface area contributed by atoms with Gasteiger partial charge < -0.3 is 35.1 Å². The Kier molecular flexibility index (Phi) is 13.3. The lowest BCUT2D eigenvalue weighted by atomic mass is 9.89. The number of carbonyl (C=O) groups excluding carboxylic acids is 2. The number of aliphatic hydroxyl groups excluding tert-OH is 2. The van der Waals surface area contributed by atoms with E-state index >= 15 is 0 Å². The molecule has 0 saturated carbocycles. The predicted molar refractivity (Wildman–Crippen MR) is 195 cm³/mol. The molecule has 1 fully saturated rings. The number of carbonyl (C=O) groups is 2. The predicted octanol–water partition coefficient (Wildman–Crippen LogP) is 6.05. The zero-order valence-electron chi connectivity index (χ0n) is 29.7. The van der Waals surface area contributed by atoms with E-state index in [1.54, 1.807) is 6.92 Å². The molecule has 51 heavy (non-hydrogen) atoms. The number of nitrogens with zero attached hydrogens (tertiary/aromatic N) is 1. The van der Waals surface area contributed by atoms with Crippen LogP contribution in [0.4, 0.5) is 4.79 Å². The molecule has 1 aliphatic rings. The molecule has 0 aromatic heterocycles. The lowest BCUT2D eigenvalue weighted by molar-refractivity contribution is -0.276. The van der Waals surface area contributed by atoms with Gasteiger partial charge >= 0.3 is 12.0 Å². The van der Waals surface area contributed by atoms with Gasteiger partial charge in [0.2, 0.25) is 0 Å². The topological polar surface area (TPSA) is 130 Å². The molecular formula is C41H49N3O7. The van der Waals surface area contributed by atoms with Crippen molar-refractivity contribution in [1.29, 1.82) is 0 Å². The number of hydrogen-bond donors (Lipinski definition) is 4. The van der Waals surface area contributed by atoms with E-state index in [9.17, 15) is 19.8 Å². The van der Waals surface area contributed by atoms with Crippen LogP contribution in [0.1, 0.15) is 67.1 Å². The molecule has 4 aromatic rings. The Hall–Kier alpha value is -4.58. The van der Waals surface area contributed by atoms with Crippen LogP contribution in [-0.2, 0) is 32.2 Å². The number of benzene rings is 4. The summed E-state index contributed by atoms with van der Waals surface area (Å²) in [7, 11) is 2.01. The standard InChI is InChI=1S/C41H49N3O7/c1-5-49-37(46)24-43-41(48)42-23-30-11-9-14-33(21-30)34-15-10-16-35(22-34)40-50-36(25-44(4)28(3)38(47)31-12-7-6-8-13-31)27(2)39(51-40)32-19-17-29(26-45)18-20-32/h6-22,27-28,36,38-40,45,47H,5,23-26H2,1-4H3,(H2,42,43,48)/t27-,28+,36+,38+,39+,40+/m0/s1. The lowest BCUT2D eigenvalue weighted by Gasteiger charge is -2.43. The second-order valence-electron chi connectivity index (χ2n) is 13.0. The maximum atomic E-state index is 12.2. The number of amides is 2. The number of likely N-dealkylation sites (N-methyl/N-ethyl adjacent to an activating group) is 1. The zero-order chi connectivity index (χ0) is 36.3.